The van der Waals surface area contributed by atoms with Gasteiger partial charge in [0.15, 0.2) is 0 Å². The zero-order chi connectivity index (χ0) is 28.6. The van der Waals surface area contributed by atoms with Gasteiger partial charge in [-0.25, -0.2) is 0 Å². The third-order valence-corrected chi connectivity index (χ3v) is 8.88. The van der Waals surface area contributed by atoms with Crippen molar-refractivity contribution in [1.29, 1.82) is 0 Å². The number of ether oxygens (including phenoxy) is 1. The van der Waals surface area contributed by atoms with Crippen molar-refractivity contribution < 1.29 is 24.2 Å². The van der Waals surface area contributed by atoms with Gasteiger partial charge in [-0.15, -0.1) is 0 Å². The second-order valence-corrected chi connectivity index (χ2v) is 11.5. The molecule has 8 nitrogen and oxygen atoms in total. The number of anilines is 1. The Kier molecular flexibility index (Phi) is 7.55. The molecule has 1 spiro atoms. The predicted molar refractivity (Wildman–Crippen MR) is 154 cm³/mol. The maximum absolute atomic E-state index is 14.3. The minimum atomic E-state index is -1.17. The number of benzene rings is 3. The minimum Gasteiger partial charge on any atom is -0.394 e. The number of rotatable bonds is 9. The Balaban J connectivity index is 1.33. The van der Waals surface area contributed by atoms with E-state index in [0.29, 0.717) is 36.5 Å². The molecular weight excluding hydrogens is 542 g/mol. The number of carbonyl (C=O) groups is 3. The molecule has 3 aliphatic heterocycles. The lowest BCUT2D eigenvalue weighted by atomic mass is 9.70. The normalized spacial score (nSPS) is 27.0. The van der Waals surface area contributed by atoms with Crippen LogP contribution in [0.2, 0.25) is 5.02 Å². The zero-order valence-corrected chi connectivity index (χ0v) is 23.2. The number of hydrogen-bond acceptors (Lipinski definition) is 5. The first-order valence-corrected chi connectivity index (χ1v) is 14.3. The number of fused-ring (bicyclic) bond motifs is 1. The molecule has 9 heteroatoms. The molecule has 3 aromatic carbocycles. The molecule has 2 unspecified atom stereocenters. The van der Waals surface area contributed by atoms with Crippen molar-refractivity contribution in [2.75, 3.05) is 11.9 Å². The lowest BCUT2D eigenvalue weighted by molar-refractivity contribution is -0.144. The molecule has 0 saturated carbocycles. The number of aliphatic hydroxyl groups excluding tert-OH is 1. The highest BCUT2D eigenvalue weighted by atomic mass is 35.5. The quantitative estimate of drug-likeness (QED) is 0.363. The number of nitrogens with one attached hydrogen (secondary N) is 2. The Hall–Kier alpha value is -3.72. The Morgan fingerprint density at radius 2 is 1.63 bits per heavy atom. The van der Waals surface area contributed by atoms with Gasteiger partial charge in [-0.05, 0) is 54.7 Å². The van der Waals surface area contributed by atoms with E-state index >= 15 is 0 Å². The van der Waals surface area contributed by atoms with Gasteiger partial charge < -0.3 is 25.4 Å². The highest BCUT2D eigenvalue weighted by molar-refractivity contribution is 6.30. The van der Waals surface area contributed by atoms with E-state index in [1.54, 1.807) is 24.3 Å². The van der Waals surface area contributed by atoms with Gasteiger partial charge >= 0.3 is 0 Å². The van der Waals surface area contributed by atoms with Crippen molar-refractivity contribution in [1.82, 2.24) is 10.2 Å². The fraction of sp³-hybridized carbons (Fsp3) is 0.344. The molecule has 0 aromatic heterocycles. The maximum atomic E-state index is 14.3. The van der Waals surface area contributed by atoms with E-state index in [-0.39, 0.29) is 18.4 Å². The monoisotopic (exact) mass is 573 g/mol. The van der Waals surface area contributed by atoms with Crippen molar-refractivity contribution in [2.45, 2.75) is 49.6 Å². The summed E-state index contributed by atoms with van der Waals surface area (Å²) < 4.78 is 6.52. The molecule has 6 atom stereocenters. The SMILES string of the molecule is O=C(Nc1ccc(Cl)cc1)C1N([C@@H](CO)Cc2ccccc2)C(=O)[C@@H]2[C@H](C(=O)NCc3ccccc3)[C@@H]3CCC12O3. The zero-order valence-electron chi connectivity index (χ0n) is 22.4. The molecule has 0 radical (unpaired) electrons. The van der Waals surface area contributed by atoms with Crippen LogP contribution >= 0.6 is 11.6 Å². The number of likely N-dealkylation sites (tertiary alicyclic amines) is 1. The van der Waals surface area contributed by atoms with Gasteiger partial charge in [-0.1, -0.05) is 72.3 Å². The van der Waals surface area contributed by atoms with E-state index in [1.807, 2.05) is 60.7 Å². The van der Waals surface area contributed by atoms with Crippen LogP contribution in [0.5, 0.6) is 0 Å². The second kappa shape index (κ2) is 11.3. The van der Waals surface area contributed by atoms with Crippen molar-refractivity contribution in [3.63, 3.8) is 0 Å². The predicted octanol–water partition coefficient (Wildman–Crippen LogP) is 3.57. The maximum Gasteiger partial charge on any atom is 0.250 e. The van der Waals surface area contributed by atoms with Crippen LogP contribution in [0, 0.1) is 11.8 Å². The fourth-order valence-electron chi connectivity index (χ4n) is 6.87. The van der Waals surface area contributed by atoms with Gasteiger partial charge in [0, 0.05) is 17.3 Å². The van der Waals surface area contributed by atoms with Gasteiger partial charge in [0.2, 0.25) is 17.7 Å². The van der Waals surface area contributed by atoms with Crippen LogP contribution in [-0.2, 0) is 32.1 Å². The standard InChI is InChI=1S/C32H32ClN3O5/c33-22-11-13-23(14-12-22)35-30(39)28-32-16-15-25(41-32)26(29(38)34-18-21-9-5-2-6-10-21)27(32)31(40)36(28)24(19-37)17-20-7-3-1-4-8-20/h1-14,24-28,37H,15-19H2,(H,34,38)(H,35,39)/t24-,25+,26-,27+,28?,32?/m1/s1. The minimum absolute atomic E-state index is 0.263. The highest BCUT2D eigenvalue weighted by Crippen LogP contribution is 2.59. The van der Waals surface area contributed by atoms with Crippen molar-refractivity contribution >= 4 is 35.0 Å². The fourth-order valence-corrected chi connectivity index (χ4v) is 6.99. The smallest absolute Gasteiger partial charge is 0.250 e. The van der Waals surface area contributed by atoms with E-state index < -0.39 is 41.5 Å². The van der Waals surface area contributed by atoms with Gasteiger partial charge in [0.1, 0.15) is 11.6 Å². The molecule has 3 aliphatic rings. The molecule has 3 amide bonds. The number of aliphatic hydroxyl groups is 1. The summed E-state index contributed by atoms with van der Waals surface area (Å²) in [6, 6.07) is 24.1. The molecule has 41 heavy (non-hydrogen) atoms. The molecule has 212 valence electrons. The summed E-state index contributed by atoms with van der Waals surface area (Å²) >= 11 is 6.04. The van der Waals surface area contributed by atoms with Gasteiger partial charge in [0.25, 0.3) is 0 Å². The average molecular weight is 574 g/mol. The van der Waals surface area contributed by atoms with Crippen molar-refractivity contribution in [2.24, 2.45) is 11.8 Å². The lowest BCUT2D eigenvalue weighted by Gasteiger charge is -2.36. The van der Waals surface area contributed by atoms with Gasteiger partial charge in [0.05, 0.1) is 30.6 Å². The van der Waals surface area contributed by atoms with E-state index in [9.17, 15) is 19.5 Å². The summed E-state index contributed by atoms with van der Waals surface area (Å²) in [5, 5.41) is 17.0. The first-order valence-electron chi connectivity index (χ1n) is 13.9. The lowest BCUT2D eigenvalue weighted by Crippen LogP contribution is -2.56. The molecule has 3 N–H and O–H groups in total. The van der Waals surface area contributed by atoms with Crippen LogP contribution in [0.3, 0.4) is 0 Å². The average Bonchev–Trinajstić information content (AvgIpc) is 3.64. The third-order valence-electron chi connectivity index (χ3n) is 8.63. The topological polar surface area (TPSA) is 108 Å². The largest absolute Gasteiger partial charge is 0.394 e. The highest BCUT2D eigenvalue weighted by Gasteiger charge is 2.75. The van der Waals surface area contributed by atoms with E-state index in [0.717, 1.165) is 11.1 Å². The Bertz CT molecular complexity index is 1420. The summed E-state index contributed by atoms with van der Waals surface area (Å²) in [4.78, 5) is 43.5. The van der Waals surface area contributed by atoms with Crippen LogP contribution in [0.25, 0.3) is 0 Å². The molecule has 6 rings (SSSR count). The van der Waals surface area contributed by atoms with Crippen LogP contribution < -0.4 is 10.6 Å². The molecule has 3 aromatic rings. The van der Waals surface area contributed by atoms with E-state index in [4.69, 9.17) is 16.3 Å². The number of amides is 3. The summed E-state index contributed by atoms with van der Waals surface area (Å²) in [5.41, 5.74) is 1.23. The van der Waals surface area contributed by atoms with Crippen LogP contribution in [0.1, 0.15) is 24.0 Å². The van der Waals surface area contributed by atoms with E-state index in [2.05, 4.69) is 10.6 Å². The summed E-state index contributed by atoms with van der Waals surface area (Å²) in [7, 11) is 0. The second-order valence-electron chi connectivity index (χ2n) is 11.0. The van der Waals surface area contributed by atoms with E-state index in [1.165, 1.54) is 4.90 Å². The Morgan fingerprint density at radius 3 is 2.29 bits per heavy atom. The molecule has 3 heterocycles. The third kappa shape index (κ3) is 5.01. The number of halogens is 1. The van der Waals surface area contributed by atoms with Crippen LogP contribution in [0.15, 0.2) is 84.9 Å². The molecule has 2 bridgehead atoms. The van der Waals surface area contributed by atoms with Gasteiger partial charge in [-0.3, -0.25) is 14.4 Å². The Morgan fingerprint density at radius 1 is 0.976 bits per heavy atom. The molecule has 3 fully saturated rings. The number of nitrogens with zero attached hydrogens (tertiary/aromatic N) is 1. The van der Waals surface area contributed by atoms with Gasteiger partial charge in [-0.2, -0.15) is 0 Å². The summed E-state index contributed by atoms with van der Waals surface area (Å²) in [6.07, 6.45) is 0.920. The Labute approximate surface area is 243 Å². The van der Waals surface area contributed by atoms with Crippen molar-refractivity contribution in [3.8, 4) is 0 Å². The number of hydrogen-bond donors (Lipinski definition) is 3. The summed E-state index contributed by atoms with van der Waals surface area (Å²) in [5.74, 6) is -2.57. The first kappa shape index (κ1) is 27.4. The van der Waals surface area contributed by atoms with Crippen molar-refractivity contribution in [3.05, 3.63) is 101 Å². The molecular formula is C32H32ClN3O5. The first-order chi connectivity index (χ1) is 19.9. The molecule has 3 saturated heterocycles. The molecule has 0 aliphatic carbocycles. The van der Waals surface area contributed by atoms with Crippen LogP contribution in [0.4, 0.5) is 5.69 Å². The summed E-state index contributed by atoms with van der Waals surface area (Å²) in [6.45, 7) is -0.0171. The number of carbonyl (C=O) groups excluding carboxylic acids is 3. The van der Waals surface area contributed by atoms with Crippen LogP contribution in [-0.4, -0.2) is 58.1 Å².